The minimum absolute atomic E-state index is 0.262. The fourth-order valence-electron chi connectivity index (χ4n) is 3.02. The molecular formula is C16H23ClN4. The van der Waals surface area contributed by atoms with Gasteiger partial charge in [-0.25, -0.2) is 9.50 Å². The van der Waals surface area contributed by atoms with E-state index >= 15 is 0 Å². The number of hydrogen-bond acceptors (Lipinski definition) is 3. The zero-order chi connectivity index (χ0) is 15.0. The second-order valence-electron chi connectivity index (χ2n) is 6.31. The Kier molecular flexibility index (Phi) is 4.07. The van der Waals surface area contributed by atoms with E-state index in [0.29, 0.717) is 11.8 Å². The molecule has 1 fully saturated rings. The molecule has 5 heteroatoms. The summed E-state index contributed by atoms with van der Waals surface area (Å²) < 4.78 is 1.95. The Labute approximate surface area is 131 Å². The van der Waals surface area contributed by atoms with E-state index in [-0.39, 0.29) is 5.38 Å². The zero-order valence-electron chi connectivity index (χ0n) is 13.0. The molecule has 0 spiro atoms. The fraction of sp³-hybridized carbons (Fsp3) is 0.625. The molecule has 0 aromatic carbocycles. The third-order valence-electron chi connectivity index (χ3n) is 4.47. The number of anilines is 1. The molecule has 2 aromatic rings. The third-order valence-corrected chi connectivity index (χ3v) is 4.83. The topological polar surface area (TPSA) is 33.4 Å². The van der Waals surface area contributed by atoms with E-state index in [1.807, 2.05) is 16.9 Å². The third kappa shape index (κ3) is 2.86. The van der Waals surface area contributed by atoms with Crippen molar-refractivity contribution in [2.45, 2.75) is 44.9 Å². The number of rotatable bonds is 3. The Bertz CT molecular complexity index is 612. The largest absolute Gasteiger partial charge is 0.355 e. The van der Waals surface area contributed by atoms with E-state index in [0.717, 1.165) is 43.0 Å². The van der Waals surface area contributed by atoms with Crippen LogP contribution in [0.1, 0.15) is 45.2 Å². The molecule has 1 aliphatic heterocycles. The van der Waals surface area contributed by atoms with Crippen molar-refractivity contribution in [2.75, 3.05) is 18.0 Å². The van der Waals surface area contributed by atoms with E-state index in [1.54, 1.807) is 0 Å². The van der Waals surface area contributed by atoms with Crippen molar-refractivity contribution in [3.05, 3.63) is 24.2 Å². The molecular weight excluding hydrogens is 284 g/mol. The van der Waals surface area contributed by atoms with E-state index in [1.165, 1.54) is 0 Å². The predicted octanol–water partition coefficient (Wildman–Crippen LogP) is 3.70. The molecule has 2 aromatic heterocycles. The lowest BCUT2D eigenvalue weighted by molar-refractivity contribution is 0.399. The summed E-state index contributed by atoms with van der Waals surface area (Å²) in [6.07, 6.45) is 6.05. The van der Waals surface area contributed by atoms with Gasteiger partial charge in [0, 0.05) is 30.9 Å². The van der Waals surface area contributed by atoms with Gasteiger partial charge in [-0.15, -0.1) is 11.6 Å². The number of alkyl halides is 1. The standard InChI is InChI=1S/C16H23ClN4/c1-11(2)14-10-15-16(18-6-9-21(15)19-14)20-7-4-13(5-8-20)12(3)17/h6,9-13H,4-5,7-8H2,1-3H3. The molecule has 0 bridgehead atoms. The number of piperidine rings is 1. The summed E-state index contributed by atoms with van der Waals surface area (Å²) in [4.78, 5) is 6.98. The smallest absolute Gasteiger partial charge is 0.154 e. The maximum Gasteiger partial charge on any atom is 0.154 e. The SMILES string of the molecule is CC(C)c1cc2c(N3CCC(C(C)Cl)CC3)nccn2n1. The fourth-order valence-corrected chi connectivity index (χ4v) is 3.28. The van der Waals surface area contributed by atoms with Crippen molar-refractivity contribution >= 4 is 22.9 Å². The van der Waals surface area contributed by atoms with Crippen molar-refractivity contribution in [3.8, 4) is 0 Å². The zero-order valence-corrected chi connectivity index (χ0v) is 13.7. The molecule has 1 saturated heterocycles. The lowest BCUT2D eigenvalue weighted by atomic mass is 9.94. The molecule has 1 atom stereocenters. The number of hydrogen-bond donors (Lipinski definition) is 0. The minimum atomic E-state index is 0.262. The van der Waals surface area contributed by atoms with Crippen molar-refractivity contribution in [1.29, 1.82) is 0 Å². The van der Waals surface area contributed by atoms with Gasteiger partial charge in [0.15, 0.2) is 5.82 Å². The lowest BCUT2D eigenvalue weighted by Gasteiger charge is -2.34. The average molecular weight is 307 g/mol. The van der Waals surface area contributed by atoms with Crippen molar-refractivity contribution < 1.29 is 0 Å². The van der Waals surface area contributed by atoms with Gasteiger partial charge in [0.1, 0.15) is 5.52 Å². The number of fused-ring (bicyclic) bond motifs is 1. The van der Waals surface area contributed by atoms with Gasteiger partial charge in [0.25, 0.3) is 0 Å². The molecule has 114 valence electrons. The maximum absolute atomic E-state index is 6.24. The molecule has 3 rings (SSSR count). The van der Waals surface area contributed by atoms with Gasteiger partial charge in [0.05, 0.1) is 5.69 Å². The van der Waals surface area contributed by atoms with Gasteiger partial charge in [-0.1, -0.05) is 13.8 Å². The van der Waals surface area contributed by atoms with Gasteiger partial charge in [0.2, 0.25) is 0 Å². The molecule has 0 radical (unpaired) electrons. The summed E-state index contributed by atoms with van der Waals surface area (Å²) in [5.74, 6) is 2.11. The van der Waals surface area contributed by atoms with Crippen LogP contribution in [0, 0.1) is 5.92 Å². The van der Waals surface area contributed by atoms with Crippen LogP contribution >= 0.6 is 11.6 Å². The van der Waals surface area contributed by atoms with Crippen LogP contribution in [0.25, 0.3) is 5.52 Å². The second kappa shape index (κ2) is 5.84. The number of halogens is 1. The van der Waals surface area contributed by atoms with E-state index < -0.39 is 0 Å². The van der Waals surface area contributed by atoms with Crippen LogP contribution in [0.3, 0.4) is 0 Å². The van der Waals surface area contributed by atoms with Crippen LogP contribution in [-0.2, 0) is 0 Å². The Morgan fingerprint density at radius 2 is 1.95 bits per heavy atom. The molecule has 3 heterocycles. The van der Waals surface area contributed by atoms with Crippen LogP contribution in [0.4, 0.5) is 5.82 Å². The first-order valence-corrected chi connectivity index (χ1v) is 8.23. The highest BCUT2D eigenvalue weighted by Crippen LogP contribution is 2.29. The summed E-state index contributed by atoms with van der Waals surface area (Å²) in [7, 11) is 0. The van der Waals surface area contributed by atoms with Crippen LogP contribution in [0.15, 0.2) is 18.5 Å². The second-order valence-corrected chi connectivity index (χ2v) is 6.99. The van der Waals surface area contributed by atoms with Gasteiger partial charge < -0.3 is 4.90 Å². The highest BCUT2D eigenvalue weighted by Gasteiger charge is 2.24. The molecule has 21 heavy (non-hydrogen) atoms. The van der Waals surface area contributed by atoms with Crippen molar-refractivity contribution in [3.63, 3.8) is 0 Å². The first kappa shape index (κ1) is 14.6. The Hall–Kier alpha value is -1.29. The molecule has 0 amide bonds. The van der Waals surface area contributed by atoms with E-state index in [9.17, 15) is 0 Å². The van der Waals surface area contributed by atoms with Crippen molar-refractivity contribution in [2.24, 2.45) is 5.92 Å². The van der Waals surface area contributed by atoms with Gasteiger partial charge >= 0.3 is 0 Å². The Balaban J connectivity index is 1.87. The summed E-state index contributed by atoms with van der Waals surface area (Å²) in [6.45, 7) is 8.49. The predicted molar refractivity (Wildman–Crippen MR) is 87.3 cm³/mol. The summed E-state index contributed by atoms with van der Waals surface area (Å²) in [5, 5.41) is 4.90. The monoisotopic (exact) mass is 306 g/mol. The number of nitrogens with zero attached hydrogens (tertiary/aromatic N) is 4. The molecule has 0 saturated carbocycles. The van der Waals surface area contributed by atoms with Crippen LogP contribution < -0.4 is 4.90 Å². The molecule has 1 aliphatic rings. The molecule has 4 nitrogen and oxygen atoms in total. The summed E-state index contributed by atoms with van der Waals surface area (Å²) >= 11 is 6.24. The molecule has 0 N–H and O–H groups in total. The first-order chi connectivity index (χ1) is 10.1. The average Bonchev–Trinajstić information content (AvgIpc) is 2.91. The van der Waals surface area contributed by atoms with Crippen molar-refractivity contribution in [1.82, 2.24) is 14.6 Å². The lowest BCUT2D eigenvalue weighted by Crippen LogP contribution is -2.36. The van der Waals surface area contributed by atoms with E-state index in [2.05, 4.69) is 41.8 Å². The highest BCUT2D eigenvalue weighted by molar-refractivity contribution is 6.20. The minimum Gasteiger partial charge on any atom is -0.355 e. The Morgan fingerprint density at radius 3 is 2.57 bits per heavy atom. The summed E-state index contributed by atoms with van der Waals surface area (Å²) in [5.41, 5.74) is 2.23. The molecule has 1 unspecified atom stereocenters. The quantitative estimate of drug-likeness (QED) is 0.811. The van der Waals surface area contributed by atoms with Gasteiger partial charge in [-0.2, -0.15) is 5.10 Å². The Morgan fingerprint density at radius 1 is 1.24 bits per heavy atom. The van der Waals surface area contributed by atoms with E-state index in [4.69, 9.17) is 11.6 Å². The molecule has 0 aliphatic carbocycles. The van der Waals surface area contributed by atoms with Gasteiger partial charge in [-0.05, 0) is 37.7 Å². The highest BCUT2D eigenvalue weighted by atomic mass is 35.5. The van der Waals surface area contributed by atoms with Crippen LogP contribution in [0.2, 0.25) is 0 Å². The van der Waals surface area contributed by atoms with Gasteiger partial charge in [-0.3, -0.25) is 0 Å². The normalized spacial score (nSPS) is 18.6. The maximum atomic E-state index is 6.24. The van der Waals surface area contributed by atoms with Crippen LogP contribution in [-0.4, -0.2) is 33.1 Å². The van der Waals surface area contributed by atoms with Crippen LogP contribution in [0.5, 0.6) is 0 Å². The first-order valence-electron chi connectivity index (χ1n) is 7.79. The summed E-state index contributed by atoms with van der Waals surface area (Å²) in [6, 6.07) is 2.17. The number of aromatic nitrogens is 3.